The molecule has 2 saturated carbocycles. The number of hydroxylamine groups is 2. The Hall–Kier alpha value is -0.450. The largest absolute Gasteiger partial charge is 0.313 e. The minimum Gasteiger partial charge on any atom is -0.313 e. The highest BCUT2D eigenvalue weighted by Gasteiger charge is 2.67. The minimum absolute atomic E-state index is 0.0388. The van der Waals surface area contributed by atoms with Crippen LogP contribution in [0.4, 0.5) is 0 Å². The van der Waals surface area contributed by atoms with E-state index < -0.39 is 0 Å². The van der Waals surface area contributed by atoms with Crippen LogP contribution in [0.1, 0.15) is 61.3 Å². The quantitative estimate of drug-likeness (QED) is 0.852. The Kier molecular flexibility index (Phi) is 3.39. The van der Waals surface area contributed by atoms with E-state index in [0.29, 0.717) is 11.7 Å². The molecule has 1 saturated heterocycles. The van der Waals surface area contributed by atoms with E-state index in [9.17, 15) is 4.79 Å². The number of piperazine rings is 1. The first kappa shape index (κ1) is 16.4. The van der Waals surface area contributed by atoms with Crippen LogP contribution in [0.3, 0.4) is 0 Å². The Morgan fingerprint density at radius 3 is 2.05 bits per heavy atom. The number of Topliss-reactive ketones (excluding diaryl/α,β-unsaturated/α-hetero) is 1. The number of nitrogens with zero attached hydrogens (tertiary/aromatic N) is 1. The fourth-order valence-electron chi connectivity index (χ4n) is 5.16. The van der Waals surface area contributed by atoms with Crippen LogP contribution in [0.2, 0.25) is 0 Å². The third kappa shape index (κ3) is 1.96. The van der Waals surface area contributed by atoms with Crippen molar-refractivity contribution in [2.45, 2.75) is 78.5 Å². The molecule has 0 unspecified atom stereocenters. The first-order valence-corrected chi connectivity index (χ1v) is 8.66. The number of hydrogen-bond donors (Lipinski definition) is 1. The van der Waals surface area contributed by atoms with Crippen LogP contribution < -0.4 is 5.32 Å². The van der Waals surface area contributed by atoms with Crippen molar-refractivity contribution in [1.29, 1.82) is 0 Å². The molecule has 0 spiro atoms. The summed E-state index contributed by atoms with van der Waals surface area (Å²) in [7, 11) is 0. The zero-order chi connectivity index (χ0) is 16.6. The van der Waals surface area contributed by atoms with Gasteiger partial charge in [0.1, 0.15) is 6.10 Å². The smallest absolute Gasteiger partial charge is 0.170 e. The zero-order valence-corrected chi connectivity index (χ0v) is 15.2. The molecule has 2 aliphatic carbocycles. The lowest BCUT2D eigenvalue weighted by Gasteiger charge is -2.52. The number of carbonyl (C=O) groups excluding carboxylic acids is 1. The van der Waals surface area contributed by atoms with Crippen molar-refractivity contribution in [3.05, 3.63) is 0 Å². The first-order valence-electron chi connectivity index (χ1n) is 8.66. The normalized spacial score (nSPS) is 42.8. The van der Waals surface area contributed by atoms with E-state index in [-0.39, 0.29) is 28.0 Å². The van der Waals surface area contributed by atoms with Gasteiger partial charge < -0.3 is 5.32 Å². The number of hydrogen-bond acceptors (Lipinski definition) is 4. The summed E-state index contributed by atoms with van der Waals surface area (Å²) in [6.45, 7) is 17.1. The average Bonchev–Trinajstić information content (AvgIpc) is 2.67. The molecule has 0 amide bonds. The van der Waals surface area contributed by atoms with Crippen molar-refractivity contribution in [2.75, 3.05) is 13.1 Å². The van der Waals surface area contributed by atoms with Gasteiger partial charge in [0.25, 0.3) is 0 Å². The van der Waals surface area contributed by atoms with Crippen molar-refractivity contribution in [3.8, 4) is 0 Å². The highest BCUT2D eigenvalue weighted by molar-refractivity contribution is 5.93. The Morgan fingerprint density at radius 1 is 1.05 bits per heavy atom. The van der Waals surface area contributed by atoms with Gasteiger partial charge in [-0.15, -0.1) is 0 Å². The van der Waals surface area contributed by atoms with Gasteiger partial charge in [-0.25, -0.2) is 0 Å². The number of nitrogens with one attached hydrogen (secondary N) is 1. The minimum atomic E-state index is -0.273. The molecule has 22 heavy (non-hydrogen) atoms. The molecule has 3 aliphatic rings. The summed E-state index contributed by atoms with van der Waals surface area (Å²) in [5, 5.41) is 5.59. The van der Waals surface area contributed by atoms with Gasteiger partial charge in [0.15, 0.2) is 5.78 Å². The summed E-state index contributed by atoms with van der Waals surface area (Å²) < 4.78 is 0. The zero-order valence-electron chi connectivity index (χ0n) is 15.2. The van der Waals surface area contributed by atoms with Crippen LogP contribution in [0.5, 0.6) is 0 Å². The van der Waals surface area contributed by atoms with E-state index in [2.05, 4.69) is 58.8 Å². The van der Waals surface area contributed by atoms with E-state index in [1.54, 1.807) is 0 Å². The van der Waals surface area contributed by atoms with Gasteiger partial charge in [-0.05, 0) is 46.0 Å². The molecule has 0 aromatic rings. The second kappa shape index (κ2) is 4.55. The van der Waals surface area contributed by atoms with E-state index in [1.165, 1.54) is 0 Å². The van der Waals surface area contributed by atoms with Gasteiger partial charge in [0, 0.05) is 24.4 Å². The van der Waals surface area contributed by atoms with Crippen molar-refractivity contribution in [1.82, 2.24) is 10.4 Å². The maximum Gasteiger partial charge on any atom is 0.170 e. The maximum atomic E-state index is 13.0. The standard InChI is InChI=1S/C18H32N2O2/c1-15(2)10-19-11-16(3,4)20(15)22-13-12-8-9-18(7,14(13)21)17(12,5)6/h12-13,19H,8-11H2,1-7H3/t12-,13+,18+/m1/s1. The van der Waals surface area contributed by atoms with Gasteiger partial charge in [0.2, 0.25) is 0 Å². The predicted octanol–water partition coefficient (Wildman–Crippen LogP) is 2.77. The Balaban J connectivity index is 1.89. The van der Waals surface area contributed by atoms with Gasteiger partial charge in [-0.1, -0.05) is 20.8 Å². The Bertz CT molecular complexity index is 481. The predicted molar refractivity (Wildman–Crippen MR) is 87.4 cm³/mol. The molecule has 3 fully saturated rings. The van der Waals surface area contributed by atoms with Crippen molar-refractivity contribution < 1.29 is 9.63 Å². The molecule has 2 bridgehead atoms. The van der Waals surface area contributed by atoms with Crippen LogP contribution in [0, 0.1) is 16.7 Å². The fraction of sp³-hybridized carbons (Fsp3) is 0.944. The van der Waals surface area contributed by atoms with E-state index >= 15 is 0 Å². The first-order chi connectivity index (χ1) is 9.93. The number of carbonyl (C=O) groups is 1. The molecular weight excluding hydrogens is 276 g/mol. The monoisotopic (exact) mass is 308 g/mol. The molecule has 1 aliphatic heterocycles. The molecule has 1 heterocycles. The third-order valence-electron chi connectivity index (χ3n) is 6.91. The molecule has 3 rings (SSSR count). The second-order valence-electron chi connectivity index (χ2n) is 9.61. The van der Waals surface area contributed by atoms with Gasteiger partial charge in [0.05, 0.1) is 11.1 Å². The summed E-state index contributed by atoms with van der Waals surface area (Å²) in [5.74, 6) is 0.658. The molecular formula is C18H32N2O2. The number of fused-ring (bicyclic) bond motifs is 2. The molecule has 4 nitrogen and oxygen atoms in total. The fourth-order valence-corrected chi connectivity index (χ4v) is 5.16. The highest BCUT2D eigenvalue weighted by atomic mass is 16.7. The van der Waals surface area contributed by atoms with Crippen LogP contribution in [0.15, 0.2) is 0 Å². The van der Waals surface area contributed by atoms with E-state index in [0.717, 1.165) is 25.9 Å². The van der Waals surface area contributed by atoms with Crippen LogP contribution in [-0.2, 0) is 9.63 Å². The van der Waals surface area contributed by atoms with Crippen molar-refractivity contribution in [3.63, 3.8) is 0 Å². The van der Waals surface area contributed by atoms with Gasteiger partial charge in [-0.3, -0.25) is 9.63 Å². The lowest BCUT2D eigenvalue weighted by molar-refractivity contribution is -0.300. The maximum absolute atomic E-state index is 13.0. The SMILES string of the molecule is CC1(C)CNCC(C)(C)N1O[C@@H]1C(=O)[C@]2(C)CC[C@H]1C2(C)C. The Morgan fingerprint density at radius 2 is 1.59 bits per heavy atom. The molecule has 0 aromatic carbocycles. The third-order valence-corrected chi connectivity index (χ3v) is 6.91. The highest BCUT2D eigenvalue weighted by Crippen LogP contribution is 2.64. The van der Waals surface area contributed by atoms with Gasteiger partial charge >= 0.3 is 0 Å². The van der Waals surface area contributed by atoms with E-state index in [1.807, 2.05) is 0 Å². The molecule has 1 N–H and O–H groups in total. The molecule has 3 atom stereocenters. The van der Waals surface area contributed by atoms with Crippen molar-refractivity contribution in [2.24, 2.45) is 16.7 Å². The summed E-state index contributed by atoms with van der Waals surface area (Å²) >= 11 is 0. The lowest BCUT2D eigenvalue weighted by Crippen LogP contribution is -2.68. The molecule has 0 radical (unpaired) electrons. The lowest BCUT2D eigenvalue weighted by atomic mass is 9.70. The summed E-state index contributed by atoms with van der Waals surface area (Å²) in [6.07, 6.45) is 1.84. The number of ketones is 1. The summed E-state index contributed by atoms with van der Waals surface area (Å²) in [6, 6.07) is 0. The van der Waals surface area contributed by atoms with E-state index in [4.69, 9.17) is 4.84 Å². The topological polar surface area (TPSA) is 41.6 Å². The summed E-state index contributed by atoms with van der Waals surface area (Å²) in [5.41, 5.74) is -0.411. The average molecular weight is 308 g/mol. The molecule has 4 heteroatoms. The van der Waals surface area contributed by atoms with Crippen LogP contribution in [0.25, 0.3) is 0 Å². The molecule has 0 aromatic heterocycles. The van der Waals surface area contributed by atoms with Crippen LogP contribution in [-0.4, -0.2) is 41.1 Å². The second-order valence-corrected chi connectivity index (χ2v) is 9.61. The van der Waals surface area contributed by atoms with Crippen molar-refractivity contribution >= 4 is 5.78 Å². The summed E-state index contributed by atoms with van der Waals surface area (Å²) in [4.78, 5) is 19.5. The van der Waals surface area contributed by atoms with Crippen LogP contribution >= 0.6 is 0 Å². The number of rotatable bonds is 2. The molecule has 126 valence electrons. The van der Waals surface area contributed by atoms with Gasteiger partial charge in [-0.2, -0.15) is 5.06 Å². The Labute approximate surface area is 134 Å².